The van der Waals surface area contributed by atoms with Crippen LogP contribution in [-0.4, -0.2) is 22.8 Å². The highest BCUT2D eigenvalue weighted by atomic mass is 16.7. The number of carbonyl (C=O) groups excluding carboxylic acids is 1. The summed E-state index contributed by atoms with van der Waals surface area (Å²) in [5, 5.41) is 6.88. The number of fused-ring (bicyclic) bond motifs is 1. The van der Waals surface area contributed by atoms with E-state index in [0.29, 0.717) is 30.3 Å². The smallest absolute Gasteiger partial charge is 0.273 e. The molecule has 1 amide bonds. The molecule has 3 aromatic carbocycles. The summed E-state index contributed by atoms with van der Waals surface area (Å²) in [6.07, 6.45) is 0. The van der Waals surface area contributed by atoms with Crippen molar-refractivity contribution in [1.29, 1.82) is 0 Å². The highest BCUT2D eigenvalue weighted by Gasteiger charge is 2.17. The van der Waals surface area contributed by atoms with Crippen LogP contribution < -0.4 is 14.8 Å². The molecular weight excluding hydrogens is 430 g/mol. The molecule has 34 heavy (non-hydrogen) atoms. The first-order valence-corrected chi connectivity index (χ1v) is 11.2. The van der Waals surface area contributed by atoms with Crippen molar-refractivity contribution < 1.29 is 18.8 Å². The summed E-state index contributed by atoms with van der Waals surface area (Å²) < 4.78 is 16.2. The van der Waals surface area contributed by atoms with Gasteiger partial charge in [0.15, 0.2) is 23.0 Å². The van der Waals surface area contributed by atoms with Gasteiger partial charge in [0.2, 0.25) is 6.79 Å². The maximum absolute atomic E-state index is 12.6. The maximum atomic E-state index is 12.6. The van der Waals surface area contributed by atoms with E-state index >= 15 is 0 Å². The zero-order valence-electron chi connectivity index (χ0n) is 18.6. The molecule has 0 saturated heterocycles. The van der Waals surface area contributed by atoms with Crippen LogP contribution in [0.2, 0.25) is 0 Å². The molecule has 0 radical (unpaired) electrons. The average molecular weight is 456 g/mol. The third kappa shape index (κ3) is 5.44. The molecule has 5 rings (SSSR count). The van der Waals surface area contributed by atoms with E-state index in [4.69, 9.17) is 14.0 Å². The summed E-state index contributed by atoms with van der Waals surface area (Å²) in [5.41, 5.74) is 3.59. The Morgan fingerprint density at radius 2 is 1.47 bits per heavy atom. The molecule has 4 aromatic rings. The lowest BCUT2D eigenvalue weighted by molar-refractivity contribution is 0.0941. The minimum atomic E-state index is -0.287. The number of nitrogens with one attached hydrogen (secondary N) is 1. The number of nitrogens with zero attached hydrogens (tertiary/aromatic N) is 2. The van der Waals surface area contributed by atoms with Crippen molar-refractivity contribution in [2.45, 2.75) is 26.2 Å². The van der Waals surface area contributed by atoms with E-state index in [0.717, 1.165) is 18.7 Å². The predicted molar refractivity (Wildman–Crippen MR) is 126 cm³/mol. The quantitative estimate of drug-likeness (QED) is 0.399. The van der Waals surface area contributed by atoms with Gasteiger partial charge in [0.1, 0.15) is 0 Å². The van der Waals surface area contributed by atoms with Crippen molar-refractivity contribution in [1.82, 2.24) is 15.4 Å². The van der Waals surface area contributed by atoms with Gasteiger partial charge in [-0.15, -0.1) is 0 Å². The summed E-state index contributed by atoms with van der Waals surface area (Å²) >= 11 is 0. The van der Waals surface area contributed by atoms with Crippen LogP contribution in [0.4, 0.5) is 0 Å². The molecule has 0 aliphatic carbocycles. The predicted octanol–water partition coefficient (Wildman–Crippen LogP) is 4.54. The van der Waals surface area contributed by atoms with Crippen LogP contribution in [0, 0.1) is 0 Å². The van der Waals surface area contributed by atoms with Crippen molar-refractivity contribution in [2.24, 2.45) is 0 Å². The number of rotatable bonds is 9. The molecule has 0 bridgehead atoms. The van der Waals surface area contributed by atoms with E-state index in [-0.39, 0.29) is 18.4 Å². The molecule has 0 spiro atoms. The van der Waals surface area contributed by atoms with Crippen LogP contribution in [0.5, 0.6) is 11.5 Å². The summed E-state index contributed by atoms with van der Waals surface area (Å²) in [6.45, 7) is 2.61. The van der Waals surface area contributed by atoms with Crippen LogP contribution in [0.25, 0.3) is 0 Å². The Morgan fingerprint density at radius 1 is 0.794 bits per heavy atom. The van der Waals surface area contributed by atoms with Gasteiger partial charge in [0.25, 0.3) is 5.91 Å². The van der Waals surface area contributed by atoms with Crippen LogP contribution in [0.15, 0.2) is 89.5 Å². The summed E-state index contributed by atoms with van der Waals surface area (Å²) in [7, 11) is 0. The van der Waals surface area contributed by atoms with Gasteiger partial charge in [-0.25, -0.2) is 0 Å². The lowest BCUT2D eigenvalue weighted by Gasteiger charge is -2.21. The Bertz CT molecular complexity index is 1200. The zero-order chi connectivity index (χ0) is 23.2. The van der Waals surface area contributed by atoms with Crippen LogP contribution in [-0.2, 0) is 26.2 Å². The number of ether oxygens (including phenoxy) is 2. The topological polar surface area (TPSA) is 76.8 Å². The van der Waals surface area contributed by atoms with Gasteiger partial charge < -0.3 is 19.3 Å². The number of hydrogen-bond acceptors (Lipinski definition) is 6. The second kappa shape index (κ2) is 10.2. The lowest BCUT2D eigenvalue weighted by atomic mass is 10.1. The Hall–Kier alpha value is -4.10. The molecule has 7 nitrogen and oxygen atoms in total. The van der Waals surface area contributed by atoms with Gasteiger partial charge in [-0.3, -0.25) is 9.69 Å². The summed E-state index contributed by atoms with van der Waals surface area (Å²) in [4.78, 5) is 14.9. The summed E-state index contributed by atoms with van der Waals surface area (Å²) in [6, 6.07) is 27.9. The van der Waals surface area contributed by atoms with E-state index < -0.39 is 0 Å². The van der Waals surface area contributed by atoms with E-state index in [1.807, 2.05) is 54.6 Å². The van der Waals surface area contributed by atoms with Gasteiger partial charge >= 0.3 is 0 Å². The molecule has 0 atom stereocenters. The fourth-order valence-corrected chi connectivity index (χ4v) is 3.89. The zero-order valence-corrected chi connectivity index (χ0v) is 18.6. The molecule has 1 aromatic heterocycles. The highest BCUT2D eigenvalue weighted by Crippen LogP contribution is 2.32. The van der Waals surface area contributed by atoms with Crippen molar-refractivity contribution in [3.63, 3.8) is 0 Å². The third-order valence-electron chi connectivity index (χ3n) is 5.56. The molecule has 1 aliphatic rings. The van der Waals surface area contributed by atoms with Crippen molar-refractivity contribution in [2.75, 3.05) is 6.79 Å². The van der Waals surface area contributed by atoms with E-state index in [1.165, 1.54) is 11.1 Å². The number of aromatic nitrogens is 1. The molecule has 1 aliphatic heterocycles. The maximum Gasteiger partial charge on any atom is 0.273 e. The second-order valence-electron chi connectivity index (χ2n) is 8.17. The van der Waals surface area contributed by atoms with Crippen LogP contribution in [0.1, 0.15) is 32.9 Å². The average Bonchev–Trinajstić information content (AvgIpc) is 3.53. The van der Waals surface area contributed by atoms with Gasteiger partial charge in [-0.2, -0.15) is 0 Å². The van der Waals surface area contributed by atoms with E-state index in [1.54, 1.807) is 6.07 Å². The minimum Gasteiger partial charge on any atom is -0.454 e. The van der Waals surface area contributed by atoms with Gasteiger partial charge in [0, 0.05) is 25.7 Å². The van der Waals surface area contributed by atoms with Gasteiger partial charge in [-0.1, -0.05) is 71.9 Å². The Labute approximate surface area is 197 Å². The molecule has 0 saturated carbocycles. The van der Waals surface area contributed by atoms with Crippen molar-refractivity contribution in [3.05, 3.63) is 113 Å². The van der Waals surface area contributed by atoms with E-state index in [9.17, 15) is 4.79 Å². The largest absolute Gasteiger partial charge is 0.454 e. The molecule has 0 unspecified atom stereocenters. The van der Waals surface area contributed by atoms with Gasteiger partial charge in [0.05, 0.1) is 6.54 Å². The second-order valence-corrected chi connectivity index (χ2v) is 8.17. The standard InChI is InChI=1S/C27H25N3O4/c31-27(28-15-22-11-12-25-26(13-22)33-19-32-25)24-14-23(34-29-24)18-30(16-20-7-3-1-4-8-20)17-21-9-5-2-6-10-21/h1-14H,15-19H2,(H,28,31). The normalized spacial score (nSPS) is 12.1. The first-order valence-electron chi connectivity index (χ1n) is 11.2. The molecule has 1 N–H and O–H groups in total. The van der Waals surface area contributed by atoms with Gasteiger partial charge in [-0.05, 0) is 28.8 Å². The molecule has 7 heteroatoms. The summed E-state index contributed by atoms with van der Waals surface area (Å²) in [5.74, 6) is 1.75. The molecular formula is C27H25N3O4. The van der Waals surface area contributed by atoms with Crippen molar-refractivity contribution in [3.8, 4) is 11.5 Å². The third-order valence-corrected chi connectivity index (χ3v) is 5.56. The van der Waals surface area contributed by atoms with Crippen molar-refractivity contribution >= 4 is 5.91 Å². The molecule has 0 fully saturated rings. The number of amides is 1. The van der Waals surface area contributed by atoms with Crippen LogP contribution in [0.3, 0.4) is 0 Å². The monoisotopic (exact) mass is 455 g/mol. The number of hydrogen-bond donors (Lipinski definition) is 1. The lowest BCUT2D eigenvalue weighted by Crippen LogP contribution is -2.23. The first-order chi connectivity index (χ1) is 16.7. The first kappa shape index (κ1) is 21.7. The minimum absolute atomic E-state index is 0.221. The van der Waals surface area contributed by atoms with Crippen LogP contribution >= 0.6 is 0 Å². The Balaban J connectivity index is 1.22. The Kier molecular flexibility index (Phi) is 6.54. The molecule has 172 valence electrons. The molecule has 2 heterocycles. The fourth-order valence-electron chi connectivity index (χ4n) is 3.89. The highest BCUT2D eigenvalue weighted by molar-refractivity contribution is 5.92. The fraction of sp³-hybridized carbons (Fsp3) is 0.185. The number of carbonyl (C=O) groups is 1. The van der Waals surface area contributed by atoms with E-state index in [2.05, 4.69) is 39.6 Å². The number of benzene rings is 3. The SMILES string of the molecule is O=C(NCc1ccc2c(c1)OCO2)c1cc(CN(Cc2ccccc2)Cc2ccccc2)on1. The Morgan fingerprint density at radius 3 is 2.18 bits per heavy atom.